The Morgan fingerprint density at radius 1 is 1.08 bits per heavy atom. The molecule has 0 aliphatic rings. The van der Waals surface area contributed by atoms with E-state index in [0.717, 1.165) is 12.8 Å². The first-order valence-electron chi connectivity index (χ1n) is 9.46. The van der Waals surface area contributed by atoms with Crippen LogP contribution >= 0.6 is 0 Å². The van der Waals surface area contributed by atoms with Crippen molar-refractivity contribution in [2.45, 2.75) is 92.5 Å². The van der Waals surface area contributed by atoms with Gasteiger partial charge in [0, 0.05) is 5.92 Å². The largest absolute Gasteiger partial charge is 0.413 e. The topological polar surface area (TPSA) is 38.3 Å². The van der Waals surface area contributed by atoms with E-state index >= 15 is 0 Å². The molecule has 0 spiro atoms. The van der Waals surface area contributed by atoms with Gasteiger partial charge < -0.3 is 9.74 Å². The highest BCUT2D eigenvalue weighted by atomic mass is 28.4. The Hall–Kier alpha value is -0.873. The van der Waals surface area contributed by atoms with Gasteiger partial charge in [0.25, 0.3) is 0 Å². The molecule has 0 aliphatic heterocycles. The van der Waals surface area contributed by atoms with E-state index in [1.165, 1.54) is 0 Å². The van der Waals surface area contributed by atoms with Gasteiger partial charge in [0.15, 0.2) is 8.32 Å². The summed E-state index contributed by atoms with van der Waals surface area (Å²) < 4.78 is 6.54. The van der Waals surface area contributed by atoms with Crippen LogP contribution in [0, 0.1) is 11.3 Å². The SMILES string of the molecule is C/C=C\C[C@@H](C/C=C\NC(=O)[C@@H](C)C(C)(C)C)O[Si](C)(C)C(C)(C)C. The molecule has 0 aromatic heterocycles. The fraction of sp³-hybridized carbons (Fsp3) is 0.762. The van der Waals surface area contributed by atoms with Crippen molar-refractivity contribution in [3.8, 4) is 0 Å². The normalized spacial score (nSPS) is 16.4. The zero-order valence-electron chi connectivity index (χ0n) is 18.2. The predicted molar refractivity (Wildman–Crippen MR) is 112 cm³/mol. The van der Waals surface area contributed by atoms with Crippen LogP contribution < -0.4 is 5.32 Å². The maximum absolute atomic E-state index is 12.2. The summed E-state index contributed by atoms with van der Waals surface area (Å²) in [7, 11) is -1.80. The van der Waals surface area contributed by atoms with Gasteiger partial charge >= 0.3 is 0 Å². The first-order chi connectivity index (χ1) is 11.2. The van der Waals surface area contributed by atoms with Crippen LogP contribution in [0.5, 0.6) is 0 Å². The Morgan fingerprint density at radius 2 is 1.60 bits per heavy atom. The smallest absolute Gasteiger partial charge is 0.227 e. The lowest BCUT2D eigenvalue weighted by Crippen LogP contribution is -2.43. The second-order valence-corrected chi connectivity index (χ2v) is 14.3. The summed E-state index contributed by atoms with van der Waals surface area (Å²) in [5.74, 6) is 0.0403. The summed E-state index contributed by atoms with van der Waals surface area (Å²) >= 11 is 0. The Morgan fingerprint density at radius 3 is 2.04 bits per heavy atom. The summed E-state index contributed by atoms with van der Waals surface area (Å²) in [6.45, 7) is 21.6. The summed E-state index contributed by atoms with van der Waals surface area (Å²) in [5.41, 5.74) is -0.0299. The third-order valence-electron chi connectivity index (χ3n) is 5.34. The molecule has 0 aromatic carbocycles. The predicted octanol–water partition coefficient (Wildman–Crippen LogP) is 6.05. The first kappa shape index (κ1) is 24.1. The zero-order valence-corrected chi connectivity index (χ0v) is 19.2. The van der Waals surface area contributed by atoms with Gasteiger partial charge in [0.1, 0.15) is 0 Å². The molecule has 0 unspecified atom stereocenters. The number of amides is 1. The fourth-order valence-electron chi connectivity index (χ4n) is 1.95. The van der Waals surface area contributed by atoms with Crippen molar-refractivity contribution in [2.24, 2.45) is 11.3 Å². The lowest BCUT2D eigenvalue weighted by atomic mass is 9.81. The molecule has 1 amide bonds. The van der Waals surface area contributed by atoms with Crippen LogP contribution in [-0.4, -0.2) is 20.3 Å². The fourth-order valence-corrected chi connectivity index (χ4v) is 3.33. The van der Waals surface area contributed by atoms with E-state index in [4.69, 9.17) is 4.43 Å². The number of carbonyl (C=O) groups excluding carboxylic acids is 1. The molecule has 0 aliphatic carbocycles. The number of hydrogen-bond donors (Lipinski definition) is 1. The van der Waals surface area contributed by atoms with E-state index in [2.05, 4.69) is 72.1 Å². The number of nitrogens with one attached hydrogen (secondary N) is 1. The van der Waals surface area contributed by atoms with Crippen molar-refractivity contribution in [2.75, 3.05) is 0 Å². The zero-order chi connectivity index (χ0) is 19.9. The van der Waals surface area contributed by atoms with Crippen LogP contribution in [0.25, 0.3) is 0 Å². The van der Waals surface area contributed by atoms with E-state index in [1.807, 2.05) is 19.9 Å². The molecule has 0 aromatic rings. The minimum Gasteiger partial charge on any atom is -0.413 e. The minimum atomic E-state index is -1.80. The Bertz CT molecular complexity index is 467. The average molecular weight is 368 g/mol. The van der Waals surface area contributed by atoms with Crippen LogP contribution in [0.3, 0.4) is 0 Å². The maximum Gasteiger partial charge on any atom is 0.227 e. The Labute approximate surface area is 157 Å². The molecule has 0 saturated carbocycles. The molecular formula is C21H41NO2Si. The highest BCUT2D eigenvalue weighted by molar-refractivity contribution is 6.74. The standard InChI is InChI=1S/C21H41NO2Si/c1-11-12-14-18(24-25(9,10)21(6,7)8)15-13-16-22-19(23)17(2)20(3,4)5/h11-13,16-18H,14-15H2,1-10H3,(H,22,23)/b12-11-,16-13-/t17-,18+/m1/s1. The molecule has 3 nitrogen and oxygen atoms in total. The monoisotopic (exact) mass is 367 g/mol. The molecule has 2 atom stereocenters. The van der Waals surface area contributed by atoms with Crippen LogP contribution in [-0.2, 0) is 9.22 Å². The van der Waals surface area contributed by atoms with Gasteiger partial charge in [-0.2, -0.15) is 0 Å². The second kappa shape index (κ2) is 9.72. The van der Waals surface area contributed by atoms with Crippen molar-refractivity contribution in [3.63, 3.8) is 0 Å². The second-order valence-electron chi connectivity index (χ2n) is 9.54. The van der Waals surface area contributed by atoms with E-state index in [9.17, 15) is 4.79 Å². The van der Waals surface area contributed by atoms with Gasteiger partial charge in [-0.1, -0.05) is 66.7 Å². The molecule has 4 heteroatoms. The quantitative estimate of drug-likeness (QED) is 0.419. The molecule has 0 heterocycles. The number of allylic oxidation sites excluding steroid dienone is 1. The van der Waals surface area contributed by atoms with Crippen molar-refractivity contribution in [1.29, 1.82) is 0 Å². The van der Waals surface area contributed by atoms with Gasteiger partial charge in [-0.3, -0.25) is 4.79 Å². The van der Waals surface area contributed by atoms with E-state index in [-0.39, 0.29) is 28.4 Å². The molecule has 0 rings (SSSR count). The summed E-state index contributed by atoms with van der Waals surface area (Å²) in [6, 6.07) is 0. The third kappa shape index (κ3) is 8.86. The highest BCUT2D eigenvalue weighted by Crippen LogP contribution is 2.38. The van der Waals surface area contributed by atoms with Crippen molar-refractivity contribution in [3.05, 3.63) is 24.4 Å². The Balaban J connectivity index is 4.77. The molecule has 0 saturated heterocycles. The minimum absolute atomic E-state index is 0.0283. The van der Waals surface area contributed by atoms with Crippen LogP contribution in [0.4, 0.5) is 0 Å². The average Bonchev–Trinajstić information content (AvgIpc) is 2.45. The van der Waals surface area contributed by atoms with Crippen LogP contribution in [0.15, 0.2) is 24.4 Å². The molecule has 0 fully saturated rings. The molecular weight excluding hydrogens is 326 g/mol. The highest BCUT2D eigenvalue weighted by Gasteiger charge is 2.38. The van der Waals surface area contributed by atoms with Crippen molar-refractivity contribution < 1.29 is 9.22 Å². The van der Waals surface area contributed by atoms with E-state index < -0.39 is 8.32 Å². The number of hydrogen-bond acceptors (Lipinski definition) is 2. The third-order valence-corrected chi connectivity index (χ3v) is 9.87. The maximum atomic E-state index is 12.2. The molecule has 146 valence electrons. The molecule has 0 radical (unpaired) electrons. The summed E-state index contributed by atoms with van der Waals surface area (Å²) in [6.07, 6.45) is 9.90. The first-order valence-corrected chi connectivity index (χ1v) is 12.4. The van der Waals surface area contributed by atoms with Crippen molar-refractivity contribution >= 4 is 14.2 Å². The molecule has 0 bridgehead atoms. The number of carbonyl (C=O) groups is 1. The van der Waals surface area contributed by atoms with Gasteiger partial charge in [-0.15, -0.1) is 0 Å². The van der Waals surface area contributed by atoms with Gasteiger partial charge in [-0.25, -0.2) is 0 Å². The Kier molecular flexibility index (Phi) is 9.38. The summed E-state index contributed by atoms with van der Waals surface area (Å²) in [4.78, 5) is 12.2. The number of rotatable bonds is 8. The van der Waals surface area contributed by atoms with Crippen molar-refractivity contribution in [1.82, 2.24) is 5.32 Å². The molecule has 1 N–H and O–H groups in total. The van der Waals surface area contributed by atoms with Gasteiger partial charge in [0.05, 0.1) is 6.10 Å². The van der Waals surface area contributed by atoms with Gasteiger partial charge in [-0.05, 0) is 49.5 Å². The van der Waals surface area contributed by atoms with Crippen LogP contribution in [0.1, 0.15) is 68.2 Å². The summed E-state index contributed by atoms with van der Waals surface area (Å²) in [5, 5.41) is 3.11. The lowest BCUT2D eigenvalue weighted by Gasteiger charge is -2.39. The lowest BCUT2D eigenvalue weighted by molar-refractivity contribution is -0.126. The molecule has 25 heavy (non-hydrogen) atoms. The van der Waals surface area contributed by atoms with Gasteiger partial charge in [0.2, 0.25) is 5.91 Å². The van der Waals surface area contributed by atoms with Crippen LogP contribution in [0.2, 0.25) is 18.1 Å². The van der Waals surface area contributed by atoms with E-state index in [1.54, 1.807) is 6.20 Å². The van der Waals surface area contributed by atoms with E-state index in [0.29, 0.717) is 0 Å².